The Labute approximate surface area is 204 Å². The van der Waals surface area contributed by atoms with Gasteiger partial charge in [0, 0.05) is 37.4 Å². The quantitative estimate of drug-likeness (QED) is 0.325. The van der Waals surface area contributed by atoms with Crippen molar-refractivity contribution in [2.45, 2.75) is 38.5 Å². The van der Waals surface area contributed by atoms with Crippen LogP contribution in [0.4, 0.5) is 5.69 Å². The number of methoxy groups -OCH3 is 1. The van der Waals surface area contributed by atoms with Crippen molar-refractivity contribution >= 4 is 36.3 Å². The molecule has 0 aliphatic carbocycles. The van der Waals surface area contributed by atoms with E-state index in [2.05, 4.69) is 28.4 Å². The highest BCUT2D eigenvalue weighted by Gasteiger charge is 2.19. The van der Waals surface area contributed by atoms with Gasteiger partial charge in [0.15, 0.2) is 5.78 Å². The zero-order valence-electron chi connectivity index (χ0n) is 18.8. The maximum atomic E-state index is 12.6. The van der Waals surface area contributed by atoms with E-state index >= 15 is 0 Å². The van der Waals surface area contributed by atoms with Crippen molar-refractivity contribution in [3.05, 3.63) is 59.2 Å². The summed E-state index contributed by atoms with van der Waals surface area (Å²) in [6, 6.07) is 14.2. The van der Waals surface area contributed by atoms with Crippen molar-refractivity contribution in [1.82, 2.24) is 5.32 Å². The molecule has 1 heterocycles. The van der Waals surface area contributed by atoms with Crippen molar-refractivity contribution in [2.24, 2.45) is 0 Å². The fourth-order valence-electron chi connectivity index (χ4n) is 4.07. The molecule has 0 spiro atoms. The Morgan fingerprint density at radius 1 is 1.09 bits per heavy atom. The van der Waals surface area contributed by atoms with E-state index in [1.807, 2.05) is 24.3 Å². The molecule has 0 saturated heterocycles. The van der Waals surface area contributed by atoms with E-state index in [1.165, 1.54) is 16.8 Å². The zero-order chi connectivity index (χ0) is 21.2. The molecule has 0 saturated carbocycles. The molecule has 2 N–H and O–H groups in total. The van der Waals surface area contributed by atoms with Crippen LogP contribution in [0.3, 0.4) is 0 Å². The number of ketones is 1. The van der Waals surface area contributed by atoms with E-state index in [9.17, 15) is 4.79 Å². The number of para-hydroxylation sites is 1. The molecule has 3 rings (SSSR count). The van der Waals surface area contributed by atoms with Crippen LogP contribution in [0.2, 0.25) is 0 Å². The smallest absolute Gasteiger partial charge is 0.162 e. The lowest BCUT2D eigenvalue weighted by Crippen LogP contribution is -2.22. The Morgan fingerprint density at radius 3 is 2.69 bits per heavy atom. The van der Waals surface area contributed by atoms with E-state index in [0.717, 1.165) is 69.6 Å². The molecule has 178 valence electrons. The van der Waals surface area contributed by atoms with Crippen LogP contribution >= 0.6 is 24.8 Å². The number of aliphatic hydroxyl groups is 1. The number of rotatable bonds is 13. The molecule has 0 fully saturated rings. The van der Waals surface area contributed by atoms with E-state index in [4.69, 9.17) is 9.84 Å². The van der Waals surface area contributed by atoms with Gasteiger partial charge in [-0.3, -0.25) is 4.79 Å². The summed E-state index contributed by atoms with van der Waals surface area (Å²) in [6.07, 6.45) is 5.21. The third kappa shape index (κ3) is 7.96. The molecule has 2 aromatic rings. The molecule has 0 aromatic heterocycles. The fraction of sp³-hybridized carbons (Fsp3) is 0.480. The SMILES string of the molecule is COc1ccccc1CCNCCCCC(=O)c1ccc2c(c1)CCN2CCCO.Cl.Cl. The standard InChI is InChI=1S/C25H34N2O3.2ClH/c1-30-25-9-3-2-7-20(25)12-15-26-14-5-4-8-24(29)22-10-11-23-21(19-22)13-17-27(23)16-6-18-28;;/h2-3,7,9-11,19,26,28H,4-6,8,12-18H2,1H3;2*1H. The summed E-state index contributed by atoms with van der Waals surface area (Å²) < 4.78 is 5.38. The lowest BCUT2D eigenvalue weighted by molar-refractivity contribution is 0.0979. The summed E-state index contributed by atoms with van der Waals surface area (Å²) in [6.45, 7) is 3.91. The van der Waals surface area contributed by atoms with Gasteiger partial charge < -0.3 is 20.1 Å². The van der Waals surface area contributed by atoms with Crippen LogP contribution in [0.15, 0.2) is 42.5 Å². The third-order valence-electron chi connectivity index (χ3n) is 5.75. The molecule has 1 aliphatic rings. The number of anilines is 1. The number of ether oxygens (including phenoxy) is 1. The van der Waals surface area contributed by atoms with Crippen molar-refractivity contribution in [1.29, 1.82) is 0 Å². The maximum Gasteiger partial charge on any atom is 0.162 e. The second kappa shape index (κ2) is 15.1. The molecule has 2 aromatic carbocycles. The first-order valence-corrected chi connectivity index (χ1v) is 11.1. The number of benzene rings is 2. The number of aliphatic hydroxyl groups excluding tert-OH is 1. The van der Waals surface area contributed by atoms with Crippen LogP contribution in [-0.2, 0) is 12.8 Å². The fourth-order valence-corrected chi connectivity index (χ4v) is 4.07. The average Bonchev–Trinajstić information content (AvgIpc) is 3.19. The molecule has 7 heteroatoms. The van der Waals surface area contributed by atoms with Crippen molar-refractivity contribution < 1.29 is 14.6 Å². The maximum absolute atomic E-state index is 12.6. The normalized spacial score (nSPS) is 12.0. The van der Waals surface area contributed by atoms with E-state index in [-0.39, 0.29) is 37.2 Å². The van der Waals surface area contributed by atoms with Gasteiger partial charge in [-0.1, -0.05) is 18.2 Å². The van der Waals surface area contributed by atoms with Crippen LogP contribution in [0.25, 0.3) is 0 Å². The largest absolute Gasteiger partial charge is 0.496 e. The first-order chi connectivity index (χ1) is 14.7. The lowest BCUT2D eigenvalue weighted by atomic mass is 10.0. The highest BCUT2D eigenvalue weighted by Crippen LogP contribution is 2.29. The summed E-state index contributed by atoms with van der Waals surface area (Å²) in [5.41, 5.74) is 4.53. The second-order valence-electron chi connectivity index (χ2n) is 7.85. The Kier molecular flexibility index (Phi) is 13.3. The van der Waals surface area contributed by atoms with Crippen molar-refractivity contribution in [2.75, 3.05) is 44.8 Å². The van der Waals surface area contributed by atoms with Gasteiger partial charge in [-0.05, 0) is 80.6 Å². The number of Topliss-reactive ketones (excluding diaryl/α,β-unsaturated/α-hetero) is 1. The molecule has 0 amide bonds. The number of hydrogen-bond donors (Lipinski definition) is 2. The number of unbranched alkanes of at least 4 members (excludes halogenated alkanes) is 1. The molecule has 0 atom stereocenters. The first-order valence-electron chi connectivity index (χ1n) is 11.1. The first kappa shape index (κ1) is 28.2. The molecule has 1 aliphatic heterocycles. The van der Waals surface area contributed by atoms with Crippen LogP contribution in [0, 0.1) is 0 Å². The molecule has 32 heavy (non-hydrogen) atoms. The molecular formula is C25H36Cl2N2O3. The van der Waals surface area contributed by atoms with Crippen LogP contribution < -0.4 is 15.0 Å². The average molecular weight is 483 g/mol. The minimum atomic E-state index is 0. The minimum Gasteiger partial charge on any atom is -0.496 e. The molecule has 0 radical (unpaired) electrons. The molecule has 0 bridgehead atoms. The number of carbonyl (C=O) groups excluding carboxylic acids is 1. The highest BCUT2D eigenvalue weighted by molar-refractivity contribution is 5.96. The Balaban J connectivity index is 0.00000256. The predicted molar refractivity (Wildman–Crippen MR) is 136 cm³/mol. The number of nitrogens with zero attached hydrogens (tertiary/aromatic N) is 1. The second-order valence-corrected chi connectivity index (χ2v) is 7.85. The van der Waals surface area contributed by atoms with Gasteiger partial charge in [0.1, 0.15) is 5.75 Å². The summed E-state index contributed by atoms with van der Waals surface area (Å²) in [4.78, 5) is 14.9. The summed E-state index contributed by atoms with van der Waals surface area (Å²) in [7, 11) is 1.71. The lowest BCUT2D eigenvalue weighted by Gasteiger charge is -2.18. The van der Waals surface area contributed by atoms with Gasteiger partial charge in [0.05, 0.1) is 7.11 Å². The highest BCUT2D eigenvalue weighted by atomic mass is 35.5. The number of hydrogen-bond acceptors (Lipinski definition) is 5. The summed E-state index contributed by atoms with van der Waals surface area (Å²) in [5, 5.41) is 12.5. The van der Waals surface area contributed by atoms with Gasteiger partial charge in [0.2, 0.25) is 0 Å². The summed E-state index contributed by atoms with van der Waals surface area (Å²) in [5.74, 6) is 1.18. The van der Waals surface area contributed by atoms with E-state index < -0.39 is 0 Å². The Hall–Kier alpha value is -1.79. The van der Waals surface area contributed by atoms with Gasteiger partial charge in [0.25, 0.3) is 0 Å². The monoisotopic (exact) mass is 482 g/mol. The number of fused-ring (bicyclic) bond motifs is 1. The summed E-state index contributed by atoms with van der Waals surface area (Å²) >= 11 is 0. The van der Waals surface area contributed by atoms with Gasteiger partial charge in [-0.2, -0.15) is 0 Å². The van der Waals surface area contributed by atoms with Gasteiger partial charge in [-0.25, -0.2) is 0 Å². The van der Waals surface area contributed by atoms with Crippen molar-refractivity contribution in [3.63, 3.8) is 0 Å². The molecular weight excluding hydrogens is 447 g/mol. The minimum absolute atomic E-state index is 0. The van der Waals surface area contributed by atoms with Crippen LogP contribution in [0.5, 0.6) is 5.75 Å². The number of nitrogens with one attached hydrogen (secondary N) is 1. The van der Waals surface area contributed by atoms with Crippen LogP contribution in [0.1, 0.15) is 47.2 Å². The van der Waals surface area contributed by atoms with Crippen LogP contribution in [-0.4, -0.2) is 50.8 Å². The van der Waals surface area contributed by atoms with Crippen molar-refractivity contribution in [3.8, 4) is 5.75 Å². The van der Waals surface area contributed by atoms with E-state index in [1.54, 1.807) is 7.11 Å². The zero-order valence-corrected chi connectivity index (χ0v) is 20.5. The third-order valence-corrected chi connectivity index (χ3v) is 5.75. The van der Waals surface area contributed by atoms with E-state index in [0.29, 0.717) is 6.42 Å². The van der Waals surface area contributed by atoms with Gasteiger partial charge >= 0.3 is 0 Å². The topological polar surface area (TPSA) is 61.8 Å². The predicted octanol–water partition coefficient (Wildman–Crippen LogP) is 4.47. The molecule has 5 nitrogen and oxygen atoms in total. The number of halogens is 2. The Bertz CT molecular complexity index is 833. The molecule has 0 unspecified atom stereocenters. The van der Waals surface area contributed by atoms with Gasteiger partial charge in [-0.15, -0.1) is 24.8 Å². The number of carbonyl (C=O) groups is 1. The Morgan fingerprint density at radius 2 is 1.91 bits per heavy atom.